The van der Waals surface area contributed by atoms with Crippen molar-refractivity contribution in [3.05, 3.63) is 24.3 Å². The van der Waals surface area contributed by atoms with Crippen LogP contribution >= 0.6 is 0 Å². The first-order chi connectivity index (χ1) is 14.8. The molecule has 1 aromatic rings. The van der Waals surface area contributed by atoms with Gasteiger partial charge in [-0.2, -0.15) is 13.2 Å². The van der Waals surface area contributed by atoms with E-state index < -0.39 is 18.4 Å². The Morgan fingerprint density at radius 1 is 1.16 bits per heavy atom. The Labute approximate surface area is 179 Å². The number of esters is 1. The van der Waals surface area contributed by atoms with Crippen LogP contribution in [0.4, 0.5) is 18.9 Å². The molecule has 10 heteroatoms. The molecule has 31 heavy (non-hydrogen) atoms. The van der Waals surface area contributed by atoms with Gasteiger partial charge >= 0.3 is 12.1 Å². The molecule has 1 saturated carbocycles. The lowest BCUT2D eigenvalue weighted by atomic mass is 9.93. The van der Waals surface area contributed by atoms with E-state index in [1.807, 2.05) is 12.1 Å². The number of piperazine rings is 1. The number of methoxy groups -OCH3 is 1. The van der Waals surface area contributed by atoms with E-state index in [0.717, 1.165) is 37.8 Å². The number of alkyl halides is 3. The number of carbonyl (C=O) groups excluding carboxylic acids is 2. The molecule has 1 aliphatic heterocycles. The molecular formula is C21H28F3N3O4. The summed E-state index contributed by atoms with van der Waals surface area (Å²) < 4.78 is 47.8. The molecule has 0 aromatic heterocycles. The van der Waals surface area contributed by atoms with E-state index >= 15 is 0 Å². The molecule has 1 aromatic carbocycles. The second-order valence-electron chi connectivity index (χ2n) is 7.79. The third kappa shape index (κ3) is 6.10. The van der Waals surface area contributed by atoms with Crippen molar-refractivity contribution in [3.8, 4) is 5.75 Å². The standard InChI is InChI=1S/C21H28F3N3O4/c1-30-17-9-7-16(8-10-17)27(15-5-3-2-4-6-15)18(28)14-26-12-11-25-13-19(26)31-20(29)21(22,23)24/h7-10,15,19,25H,2-6,11-14H2,1H3. The van der Waals surface area contributed by atoms with E-state index in [-0.39, 0.29) is 25.0 Å². The maximum atomic E-state index is 13.4. The first-order valence-corrected chi connectivity index (χ1v) is 10.5. The van der Waals surface area contributed by atoms with Crippen LogP contribution < -0.4 is 15.0 Å². The van der Waals surface area contributed by atoms with Gasteiger partial charge in [0.05, 0.1) is 13.7 Å². The van der Waals surface area contributed by atoms with Crippen molar-refractivity contribution in [1.82, 2.24) is 10.2 Å². The van der Waals surface area contributed by atoms with Gasteiger partial charge in [-0.3, -0.25) is 9.69 Å². The highest BCUT2D eigenvalue weighted by molar-refractivity contribution is 5.95. The molecule has 1 aliphatic carbocycles. The zero-order valence-electron chi connectivity index (χ0n) is 17.5. The van der Waals surface area contributed by atoms with E-state index in [9.17, 15) is 22.8 Å². The third-order valence-corrected chi connectivity index (χ3v) is 5.67. The number of ether oxygens (including phenoxy) is 2. The first-order valence-electron chi connectivity index (χ1n) is 10.5. The highest BCUT2D eigenvalue weighted by atomic mass is 19.4. The highest BCUT2D eigenvalue weighted by Gasteiger charge is 2.44. The number of carbonyl (C=O) groups is 2. The fraction of sp³-hybridized carbons (Fsp3) is 0.619. The summed E-state index contributed by atoms with van der Waals surface area (Å²) in [6, 6.07) is 7.19. The molecule has 0 bridgehead atoms. The van der Waals surface area contributed by atoms with Crippen LogP contribution in [0.1, 0.15) is 32.1 Å². The van der Waals surface area contributed by atoms with Gasteiger partial charge in [0.15, 0.2) is 6.23 Å². The van der Waals surface area contributed by atoms with E-state index in [4.69, 9.17) is 4.74 Å². The molecule has 2 fully saturated rings. The predicted molar refractivity (Wildman–Crippen MR) is 108 cm³/mol. The second-order valence-corrected chi connectivity index (χ2v) is 7.79. The predicted octanol–water partition coefficient (Wildman–Crippen LogP) is 2.70. The molecule has 1 unspecified atom stereocenters. The number of nitrogens with one attached hydrogen (secondary N) is 1. The quantitative estimate of drug-likeness (QED) is 0.682. The Balaban J connectivity index is 1.76. The van der Waals surface area contributed by atoms with Crippen molar-refractivity contribution >= 4 is 17.6 Å². The fourth-order valence-corrected chi connectivity index (χ4v) is 4.10. The molecule has 1 N–H and O–H groups in total. The number of hydrogen-bond donors (Lipinski definition) is 1. The summed E-state index contributed by atoms with van der Waals surface area (Å²) in [5.41, 5.74) is 0.719. The van der Waals surface area contributed by atoms with Gasteiger partial charge in [0.1, 0.15) is 5.75 Å². The van der Waals surface area contributed by atoms with Gasteiger partial charge in [-0.1, -0.05) is 19.3 Å². The minimum atomic E-state index is -5.08. The minimum Gasteiger partial charge on any atom is -0.497 e. The summed E-state index contributed by atoms with van der Waals surface area (Å²) >= 11 is 0. The SMILES string of the molecule is COc1ccc(N(C(=O)CN2CCNCC2OC(=O)C(F)(F)F)C2CCCCC2)cc1. The van der Waals surface area contributed by atoms with Gasteiger partial charge in [0.25, 0.3) is 0 Å². The van der Waals surface area contributed by atoms with Crippen LogP contribution in [0.3, 0.4) is 0 Å². The molecule has 1 heterocycles. The topological polar surface area (TPSA) is 71.1 Å². The van der Waals surface area contributed by atoms with E-state index in [1.54, 1.807) is 24.1 Å². The van der Waals surface area contributed by atoms with Crippen LogP contribution in [0.15, 0.2) is 24.3 Å². The third-order valence-electron chi connectivity index (χ3n) is 5.67. The summed E-state index contributed by atoms with van der Waals surface area (Å²) in [6.45, 7) is 0.670. The molecule has 2 aliphatic rings. The molecule has 1 saturated heterocycles. The van der Waals surface area contributed by atoms with Gasteiger partial charge in [-0.25, -0.2) is 4.79 Å². The number of benzene rings is 1. The number of hydrogen-bond acceptors (Lipinski definition) is 6. The molecule has 1 atom stereocenters. The van der Waals surface area contributed by atoms with Gasteiger partial charge in [-0.15, -0.1) is 0 Å². The van der Waals surface area contributed by atoms with Crippen LogP contribution in [-0.2, 0) is 14.3 Å². The Morgan fingerprint density at radius 2 is 1.84 bits per heavy atom. The van der Waals surface area contributed by atoms with Crippen molar-refractivity contribution in [2.45, 2.75) is 50.6 Å². The molecule has 172 valence electrons. The van der Waals surface area contributed by atoms with Gasteiger partial charge in [0, 0.05) is 31.4 Å². The summed E-state index contributed by atoms with van der Waals surface area (Å²) in [6.07, 6.45) is -1.35. The van der Waals surface area contributed by atoms with Crippen molar-refractivity contribution in [3.63, 3.8) is 0 Å². The van der Waals surface area contributed by atoms with Crippen molar-refractivity contribution in [2.24, 2.45) is 0 Å². The van der Waals surface area contributed by atoms with Crippen molar-refractivity contribution < 1.29 is 32.2 Å². The average Bonchev–Trinajstić information content (AvgIpc) is 2.76. The van der Waals surface area contributed by atoms with Gasteiger partial charge < -0.3 is 19.7 Å². The van der Waals surface area contributed by atoms with Crippen molar-refractivity contribution in [2.75, 3.05) is 38.2 Å². The minimum absolute atomic E-state index is 0.0220. The molecule has 1 amide bonds. The molecule has 3 rings (SSSR count). The van der Waals surface area contributed by atoms with Gasteiger partial charge in [-0.05, 0) is 37.1 Å². The maximum Gasteiger partial charge on any atom is 0.490 e. The first kappa shape index (κ1) is 23.3. The van der Waals surface area contributed by atoms with E-state index in [0.29, 0.717) is 18.8 Å². The molecule has 7 nitrogen and oxygen atoms in total. The smallest absolute Gasteiger partial charge is 0.490 e. The average molecular weight is 443 g/mol. The van der Waals surface area contributed by atoms with Gasteiger partial charge in [0.2, 0.25) is 5.91 Å². The zero-order valence-corrected chi connectivity index (χ0v) is 17.5. The van der Waals surface area contributed by atoms with Crippen molar-refractivity contribution in [1.29, 1.82) is 0 Å². The lowest BCUT2D eigenvalue weighted by Gasteiger charge is -2.39. The lowest BCUT2D eigenvalue weighted by Crippen LogP contribution is -2.57. The second kappa shape index (κ2) is 10.3. The number of amides is 1. The molecular weight excluding hydrogens is 415 g/mol. The van der Waals surface area contributed by atoms with Crippen LogP contribution in [0.25, 0.3) is 0 Å². The summed E-state index contributed by atoms with van der Waals surface area (Å²) in [4.78, 5) is 27.9. The molecule has 0 spiro atoms. The molecule has 0 radical (unpaired) electrons. The fourth-order valence-electron chi connectivity index (χ4n) is 4.10. The summed E-state index contributed by atoms with van der Waals surface area (Å²) in [5.74, 6) is -1.81. The van der Waals surface area contributed by atoms with E-state index in [2.05, 4.69) is 10.1 Å². The van der Waals surface area contributed by atoms with E-state index in [1.165, 1.54) is 4.90 Å². The Hall–Kier alpha value is -2.33. The number of halogens is 3. The normalized spacial score (nSPS) is 20.8. The number of rotatable bonds is 6. The maximum absolute atomic E-state index is 13.4. The van der Waals surface area contributed by atoms with Crippen LogP contribution in [0.5, 0.6) is 5.75 Å². The Kier molecular flexibility index (Phi) is 7.77. The number of anilines is 1. The van der Waals surface area contributed by atoms with Crippen LogP contribution in [0, 0.1) is 0 Å². The Morgan fingerprint density at radius 3 is 2.45 bits per heavy atom. The lowest BCUT2D eigenvalue weighted by molar-refractivity contribution is -0.213. The largest absolute Gasteiger partial charge is 0.497 e. The number of nitrogens with zero attached hydrogens (tertiary/aromatic N) is 2. The zero-order chi connectivity index (χ0) is 22.4. The Bertz CT molecular complexity index is 751. The monoisotopic (exact) mass is 443 g/mol. The summed E-state index contributed by atoms with van der Waals surface area (Å²) in [5, 5.41) is 2.91. The summed E-state index contributed by atoms with van der Waals surface area (Å²) in [7, 11) is 1.56. The van der Waals surface area contributed by atoms with Crippen LogP contribution in [-0.4, -0.2) is 68.5 Å². The highest BCUT2D eigenvalue weighted by Crippen LogP contribution is 2.29. The van der Waals surface area contributed by atoms with Crippen LogP contribution in [0.2, 0.25) is 0 Å².